The van der Waals surface area contributed by atoms with Crippen molar-refractivity contribution in [3.63, 3.8) is 0 Å². The Balaban J connectivity index is 1.99. The van der Waals surface area contributed by atoms with Crippen LogP contribution in [0, 0.1) is 0 Å². The molecule has 2 atom stereocenters. The summed E-state index contributed by atoms with van der Waals surface area (Å²) in [5, 5.41) is 7.88. The maximum atomic E-state index is 8.74. The molecule has 0 aliphatic carbocycles. The fraction of sp³-hybridized carbons (Fsp3) is 0.222. The molecule has 23 heavy (non-hydrogen) atoms. The van der Waals surface area contributed by atoms with E-state index in [2.05, 4.69) is 34.4 Å². The van der Waals surface area contributed by atoms with Crippen molar-refractivity contribution in [2.24, 2.45) is 5.11 Å². The SMILES string of the molecule is C[C@@H](NC[C@@H](/C=C/c1ccccc1Cl)N=[N+]=[N-])c1ccccc1. The van der Waals surface area contributed by atoms with Crippen molar-refractivity contribution in [1.82, 2.24) is 5.32 Å². The second kappa shape index (κ2) is 9.01. The second-order valence-electron chi connectivity index (χ2n) is 5.19. The van der Waals surface area contributed by atoms with Gasteiger partial charge in [0.25, 0.3) is 0 Å². The third-order valence-corrected chi connectivity index (χ3v) is 3.88. The molecular weight excluding hydrogens is 308 g/mol. The van der Waals surface area contributed by atoms with Crippen LogP contribution in [0.15, 0.2) is 65.8 Å². The average Bonchev–Trinajstić information content (AvgIpc) is 2.59. The Hall–Kier alpha value is -2.26. The minimum Gasteiger partial charge on any atom is -0.309 e. The van der Waals surface area contributed by atoms with Crippen molar-refractivity contribution in [2.75, 3.05) is 6.54 Å². The summed E-state index contributed by atoms with van der Waals surface area (Å²) in [7, 11) is 0. The minimum atomic E-state index is -0.276. The van der Waals surface area contributed by atoms with Gasteiger partial charge in [-0.1, -0.05) is 77.4 Å². The van der Waals surface area contributed by atoms with E-state index in [1.165, 1.54) is 5.56 Å². The Morgan fingerprint density at radius 1 is 1.17 bits per heavy atom. The number of hydrogen-bond donors (Lipinski definition) is 1. The fourth-order valence-electron chi connectivity index (χ4n) is 2.20. The van der Waals surface area contributed by atoms with Gasteiger partial charge in [0.05, 0.1) is 6.04 Å². The summed E-state index contributed by atoms with van der Waals surface area (Å²) in [5.74, 6) is 0. The Morgan fingerprint density at radius 3 is 2.57 bits per heavy atom. The molecule has 0 aromatic heterocycles. The van der Waals surface area contributed by atoms with Gasteiger partial charge >= 0.3 is 0 Å². The van der Waals surface area contributed by atoms with Gasteiger partial charge in [-0.05, 0) is 29.6 Å². The summed E-state index contributed by atoms with van der Waals surface area (Å²) >= 11 is 6.12. The van der Waals surface area contributed by atoms with Crippen LogP contribution < -0.4 is 5.32 Å². The van der Waals surface area contributed by atoms with E-state index in [0.29, 0.717) is 11.6 Å². The molecule has 0 spiro atoms. The molecule has 1 N–H and O–H groups in total. The highest BCUT2D eigenvalue weighted by Gasteiger charge is 2.07. The molecule has 0 aliphatic heterocycles. The van der Waals surface area contributed by atoms with Gasteiger partial charge in [-0.3, -0.25) is 0 Å². The van der Waals surface area contributed by atoms with Gasteiger partial charge in [-0.25, -0.2) is 0 Å². The molecule has 2 rings (SSSR count). The van der Waals surface area contributed by atoms with Crippen LogP contribution in [0.2, 0.25) is 5.02 Å². The van der Waals surface area contributed by atoms with E-state index in [9.17, 15) is 0 Å². The molecule has 2 aromatic carbocycles. The zero-order valence-corrected chi connectivity index (χ0v) is 13.7. The predicted molar refractivity (Wildman–Crippen MR) is 96.3 cm³/mol. The number of rotatable bonds is 7. The van der Waals surface area contributed by atoms with Gasteiger partial charge < -0.3 is 5.32 Å². The van der Waals surface area contributed by atoms with Crippen molar-refractivity contribution in [3.05, 3.63) is 87.3 Å². The molecule has 0 bridgehead atoms. The lowest BCUT2D eigenvalue weighted by atomic mass is 10.1. The molecule has 0 radical (unpaired) electrons. The van der Waals surface area contributed by atoms with Crippen molar-refractivity contribution in [1.29, 1.82) is 0 Å². The first-order valence-electron chi connectivity index (χ1n) is 7.46. The molecule has 5 heteroatoms. The van der Waals surface area contributed by atoms with Crippen LogP contribution in [0.25, 0.3) is 16.5 Å². The van der Waals surface area contributed by atoms with Gasteiger partial charge in [0.2, 0.25) is 0 Å². The quantitative estimate of drug-likeness (QED) is 0.414. The lowest BCUT2D eigenvalue weighted by Gasteiger charge is -2.16. The molecule has 2 aromatic rings. The molecule has 118 valence electrons. The highest BCUT2D eigenvalue weighted by atomic mass is 35.5. The average molecular weight is 327 g/mol. The molecule has 0 unspecified atom stereocenters. The highest BCUT2D eigenvalue weighted by Crippen LogP contribution is 2.17. The van der Waals surface area contributed by atoms with Gasteiger partial charge in [0, 0.05) is 22.5 Å². The number of azide groups is 1. The number of hydrogen-bond acceptors (Lipinski definition) is 2. The van der Waals surface area contributed by atoms with Gasteiger partial charge in [0.1, 0.15) is 0 Å². The third-order valence-electron chi connectivity index (χ3n) is 3.54. The lowest BCUT2D eigenvalue weighted by Crippen LogP contribution is -2.26. The first-order chi connectivity index (χ1) is 11.2. The van der Waals surface area contributed by atoms with Gasteiger partial charge in [-0.15, -0.1) is 0 Å². The Kier molecular flexibility index (Phi) is 6.70. The van der Waals surface area contributed by atoms with Crippen LogP contribution in [0.1, 0.15) is 24.1 Å². The summed E-state index contributed by atoms with van der Waals surface area (Å²) in [4.78, 5) is 2.92. The van der Waals surface area contributed by atoms with Gasteiger partial charge in [-0.2, -0.15) is 0 Å². The zero-order chi connectivity index (χ0) is 16.5. The van der Waals surface area contributed by atoms with E-state index in [4.69, 9.17) is 17.1 Å². The topological polar surface area (TPSA) is 60.8 Å². The van der Waals surface area contributed by atoms with E-state index in [0.717, 1.165) is 5.56 Å². The first-order valence-corrected chi connectivity index (χ1v) is 7.84. The Morgan fingerprint density at radius 2 is 1.87 bits per heavy atom. The summed E-state index contributed by atoms with van der Waals surface area (Å²) in [5.41, 5.74) is 10.8. The van der Waals surface area contributed by atoms with E-state index in [1.807, 2.05) is 54.6 Å². The molecule has 4 nitrogen and oxygen atoms in total. The molecule has 0 amide bonds. The normalized spacial score (nSPS) is 13.5. The Bertz CT molecular complexity index is 693. The van der Waals surface area contributed by atoms with Crippen LogP contribution in [0.5, 0.6) is 0 Å². The van der Waals surface area contributed by atoms with Gasteiger partial charge in [0.15, 0.2) is 0 Å². The summed E-state index contributed by atoms with van der Waals surface area (Å²) in [6.45, 7) is 2.64. The fourth-order valence-corrected chi connectivity index (χ4v) is 2.39. The van der Waals surface area contributed by atoms with E-state index < -0.39 is 0 Å². The molecule has 0 saturated carbocycles. The Labute approximate surface area is 141 Å². The van der Waals surface area contributed by atoms with Crippen LogP contribution in [-0.4, -0.2) is 12.6 Å². The third kappa shape index (κ3) is 5.46. The summed E-state index contributed by atoms with van der Waals surface area (Å²) in [6, 6.07) is 17.6. The molecule has 0 saturated heterocycles. The number of halogens is 1. The second-order valence-corrected chi connectivity index (χ2v) is 5.60. The molecule has 0 fully saturated rings. The molecular formula is C18H19ClN4. The zero-order valence-electron chi connectivity index (χ0n) is 12.9. The van der Waals surface area contributed by atoms with Crippen LogP contribution in [0.3, 0.4) is 0 Å². The number of nitrogens with zero attached hydrogens (tertiary/aromatic N) is 3. The standard InChI is InChI=1S/C18H19ClN4/c1-14(15-7-3-2-4-8-15)21-13-17(22-23-20)12-11-16-9-5-6-10-18(16)19/h2-12,14,17,21H,13H2,1H3/b12-11+/t14-,17-/m1/s1. The van der Waals surface area contributed by atoms with E-state index in [-0.39, 0.29) is 12.1 Å². The monoisotopic (exact) mass is 326 g/mol. The first kappa shape index (κ1) is 17.1. The molecule has 0 aliphatic rings. The van der Waals surface area contributed by atoms with Crippen LogP contribution in [-0.2, 0) is 0 Å². The van der Waals surface area contributed by atoms with Crippen molar-refractivity contribution in [3.8, 4) is 0 Å². The molecule has 0 heterocycles. The maximum Gasteiger partial charge on any atom is 0.0683 e. The largest absolute Gasteiger partial charge is 0.309 e. The van der Waals surface area contributed by atoms with Crippen molar-refractivity contribution in [2.45, 2.75) is 19.0 Å². The smallest absolute Gasteiger partial charge is 0.0683 e. The van der Waals surface area contributed by atoms with Crippen LogP contribution >= 0.6 is 11.6 Å². The maximum absolute atomic E-state index is 8.74. The highest BCUT2D eigenvalue weighted by molar-refractivity contribution is 6.32. The van der Waals surface area contributed by atoms with E-state index >= 15 is 0 Å². The summed E-state index contributed by atoms with van der Waals surface area (Å²) in [6.07, 6.45) is 3.75. The van der Waals surface area contributed by atoms with E-state index in [1.54, 1.807) is 0 Å². The lowest BCUT2D eigenvalue weighted by molar-refractivity contribution is 0.552. The summed E-state index contributed by atoms with van der Waals surface area (Å²) < 4.78 is 0. The van der Waals surface area contributed by atoms with Crippen LogP contribution in [0.4, 0.5) is 0 Å². The predicted octanol–water partition coefficient (Wildman–Crippen LogP) is 5.38. The minimum absolute atomic E-state index is 0.182. The van der Waals surface area contributed by atoms with Crippen molar-refractivity contribution < 1.29 is 0 Å². The van der Waals surface area contributed by atoms with Crippen molar-refractivity contribution >= 4 is 17.7 Å². The number of nitrogens with one attached hydrogen (secondary N) is 1. The number of benzene rings is 2.